The van der Waals surface area contributed by atoms with Gasteiger partial charge in [-0.05, 0) is 24.0 Å². The number of amides is 1. The summed E-state index contributed by atoms with van der Waals surface area (Å²) in [6, 6.07) is 6.87. The molecule has 20 heavy (non-hydrogen) atoms. The van der Waals surface area contributed by atoms with E-state index in [-0.39, 0.29) is 24.2 Å². The van der Waals surface area contributed by atoms with Crippen molar-refractivity contribution >= 4 is 24.0 Å². The third-order valence-corrected chi connectivity index (χ3v) is 2.71. The second-order valence-corrected chi connectivity index (χ2v) is 5.49. The molecule has 0 unspecified atom stereocenters. The van der Waals surface area contributed by atoms with E-state index in [0.29, 0.717) is 18.2 Å². The third kappa shape index (κ3) is 6.26. The zero-order valence-corrected chi connectivity index (χ0v) is 13.4. The number of carbonyl (C=O) groups excluding carboxylic acids is 1. The molecule has 0 saturated heterocycles. The Morgan fingerprint density at radius 3 is 2.50 bits per heavy atom. The van der Waals surface area contributed by atoms with Crippen molar-refractivity contribution in [3.8, 4) is 5.75 Å². The molecular formula is C15H25ClN2O2. The lowest BCUT2D eigenvalue weighted by molar-refractivity contribution is -0.118. The Hall–Kier alpha value is -1.26. The number of hydrogen-bond acceptors (Lipinski definition) is 3. The average molecular weight is 301 g/mol. The van der Waals surface area contributed by atoms with Crippen molar-refractivity contribution in [3.63, 3.8) is 0 Å². The number of benzene rings is 1. The predicted octanol–water partition coefficient (Wildman–Crippen LogP) is 3.07. The summed E-state index contributed by atoms with van der Waals surface area (Å²) in [6.07, 6.45) is 0. The smallest absolute Gasteiger partial charge is 0.241 e. The second kappa shape index (κ2) is 8.82. The van der Waals surface area contributed by atoms with Crippen LogP contribution in [0.3, 0.4) is 0 Å². The number of rotatable bonds is 6. The van der Waals surface area contributed by atoms with Crippen molar-refractivity contribution in [2.24, 2.45) is 17.6 Å². The van der Waals surface area contributed by atoms with Crippen LogP contribution < -0.4 is 15.8 Å². The highest BCUT2D eigenvalue weighted by Crippen LogP contribution is 2.18. The first-order valence-corrected chi connectivity index (χ1v) is 6.69. The molecule has 1 amide bonds. The molecule has 0 aliphatic rings. The van der Waals surface area contributed by atoms with E-state index in [1.54, 1.807) is 0 Å². The first kappa shape index (κ1) is 18.7. The van der Waals surface area contributed by atoms with Crippen LogP contribution in [0.25, 0.3) is 0 Å². The first-order valence-electron chi connectivity index (χ1n) is 6.69. The molecule has 0 aliphatic carbocycles. The van der Waals surface area contributed by atoms with Gasteiger partial charge in [-0.15, -0.1) is 12.4 Å². The number of nitrogens with two attached hydrogens (primary N) is 1. The Bertz CT molecular complexity index is 422. The van der Waals surface area contributed by atoms with Crippen LogP contribution in [-0.2, 0) is 4.79 Å². The Labute approximate surface area is 127 Å². The molecule has 3 N–H and O–H groups in total. The van der Waals surface area contributed by atoms with Crippen molar-refractivity contribution in [2.45, 2.75) is 33.7 Å². The summed E-state index contributed by atoms with van der Waals surface area (Å²) in [5.41, 5.74) is 6.51. The minimum Gasteiger partial charge on any atom is -0.493 e. The van der Waals surface area contributed by atoms with Crippen molar-refractivity contribution in [2.75, 3.05) is 11.9 Å². The SMILES string of the molecule is CC(C)COc1cccc(NC(=O)[C@@H](N)C(C)C)c1.Cl. The highest BCUT2D eigenvalue weighted by Gasteiger charge is 2.17. The Kier molecular flexibility index (Phi) is 8.26. The second-order valence-electron chi connectivity index (χ2n) is 5.49. The predicted molar refractivity (Wildman–Crippen MR) is 85.5 cm³/mol. The van der Waals surface area contributed by atoms with Crippen LogP contribution in [0.15, 0.2) is 24.3 Å². The highest BCUT2D eigenvalue weighted by molar-refractivity contribution is 5.94. The van der Waals surface area contributed by atoms with Gasteiger partial charge in [0.1, 0.15) is 5.75 Å². The van der Waals surface area contributed by atoms with Gasteiger partial charge in [0.2, 0.25) is 5.91 Å². The molecule has 0 aliphatic heterocycles. The summed E-state index contributed by atoms with van der Waals surface area (Å²) < 4.78 is 5.62. The number of anilines is 1. The van der Waals surface area contributed by atoms with Crippen LogP contribution in [0.5, 0.6) is 5.75 Å². The van der Waals surface area contributed by atoms with E-state index in [9.17, 15) is 4.79 Å². The maximum Gasteiger partial charge on any atom is 0.241 e. The van der Waals surface area contributed by atoms with E-state index >= 15 is 0 Å². The van der Waals surface area contributed by atoms with Crippen molar-refractivity contribution in [3.05, 3.63) is 24.3 Å². The van der Waals surface area contributed by atoms with E-state index < -0.39 is 6.04 Å². The topological polar surface area (TPSA) is 64.3 Å². The first-order chi connectivity index (χ1) is 8.90. The van der Waals surface area contributed by atoms with Gasteiger partial charge >= 0.3 is 0 Å². The largest absolute Gasteiger partial charge is 0.493 e. The molecule has 1 atom stereocenters. The quantitative estimate of drug-likeness (QED) is 0.848. The molecule has 1 aromatic rings. The van der Waals surface area contributed by atoms with Gasteiger partial charge in [-0.1, -0.05) is 33.8 Å². The van der Waals surface area contributed by atoms with Gasteiger partial charge in [-0.2, -0.15) is 0 Å². The number of hydrogen-bond donors (Lipinski definition) is 2. The normalized spacial score (nSPS) is 11.9. The van der Waals surface area contributed by atoms with E-state index in [1.165, 1.54) is 0 Å². The molecule has 114 valence electrons. The average Bonchev–Trinajstić information content (AvgIpc) is 2.35. The Balaban J connectivity index is 0.00000361. The van der Waals surface area contributed by atoms with Gasteiger partial charge in [0.05, 0.1) is 12.6 Å². The summed E-state index contributed by atoms with van der Waals surface area (Å²) in [5.74, 6) is 1.16. The monoisotopic (exact) mass is 300 g/mol. The van der Waals surface area contributed by atoms with Crippen molar-refractivity contribution in [1.82, 2.24) is 0 Å². The summed E-state index contributed by atoms with van der Waals surface area (Å²) >= 11 is 0. The van der Waals surface area contributed by atoms with Crippen molar-refractivity contribution in [1.29, 1.82) is 0 Å². The van der Waals surface area contributed by atoms with E-state index in [0.717, 1.165) is 5.75 Å². The number of carbonyl (C=O) groups is 1. The molecule has 1 aromatic carbocycles. The Morgan fingerprint density at radius 1 is 1.30 bits per heavy atom. The minimum absolute atomic E-state index is 0. The van der Waals surface area contributed by atoms with Crippen LogP contribution >= 0.6 is 12.4 Å². The van der Waals surface area contributed by atoms with Gasteiger partial charge < -0.3 is 15.8 Å². The van der Waals surface area contributed by atoms with E-state index in [4.69, 9.17) is 10.5 Å². The molecular weight excluding hydrogens is 276 g/mol. The number of halogens is 1. The van der Waals surface area contributed by atoms with Gasteiger partial charge in [-0.3, -0.25) is 4.79 Å². The molecule has 0 spiro atoms. The summed E-state index contributed by atoms with van der Waals surface area (Å²) in [4.78, 5) is 11.9. The van der Waals surface area contributed by atoms with Crippen LogP contribution in [-0.4, -0.2) is 18.6 Å². The standard InChI is InChI=1S/C15H24N2O2.ClH/c1-10(2)9-19-13-7-5-6-12(8-13)17-15(18)14(16)11(3)4;/h5-8,10-11,14H,9,16H2,1-4H3,(H,17,18);1H/t14-;/m0./s1. The molecule has 0 aromatic heterocycles. The zero-order valence-electron chi connectivity index (χ0n) is 12.6. The zero-order chi connectivity index (χ0) is 14.4. The fourth-order valence-corrected chi connectivity index (χ4v) is 1.45. The van der Waals surface area contributed by atoms with Crippen LogP contribution in [0.1, 0.15) is 27.7 Å². The van der Waals surface area contributed by atoms with Gasteiger partial charge in [0.25, 0.3) is 0 Å². The maximum atomic E-state index is 11.9. The summed E-state index contributed by atoms with van der Waals surface area (Å²) in [7, 11) is 0. The molecule has 0 saturated carbocycles. The van der Waals surface area contributed by atoms with E-state index in [1.807, 2.05) is 38.1 Å². The van der Waals surface area contributed by atoms with Crippen molar-refractivity contribution < 1.29 is 9.53 Å². The summed E-state index contributed by atoms with van der Waals surface area (Å²) in [6.45, 7) is 8.68. The lowest BCUT2D eigenvalue weighted by atomic mass is 10.0. The van der Waals surface area contributed by atoms with Crippen LogP contribution in [0, 0.1) is 11.8 Å². The molecule has 5 heteroatoms. The molecule has 0 fully saturated rings. The van der Waals surface area contributed by atoms with Gasteiger partial charge in [-0.25, -0.2) is 0 Å². The lowest BCUT2D eigenvalue weighted by Crippen LogP contribution is -2.39. The fraction of sp³-hybridized carbons (Fsp3) is 0.533. The highest BCUT2D eigenvalue weighted by atomic mass is 35.5. The molecule has 1 rings (SSSR count). The maximum absolute atomic E-state index is 11.9. The molecule has 4 nitrogen and oxygen atoms in total. The summed E-state index contributed by atoms with van der Waals surface area (Å²) in [5, 5.41) is 2.81. The third-order valence-electron chi connectivity index (χ3n) is 2.71. The molecule has 0 radical (unpaired) electrons. The number of ether oxygens (including phenoxy) is 1. The Morgan fingerprint density at radius 2 is 1.95 bits per heavy atom. The fourth-order valence-electron chi connectivity index (χ4n) is 1.45. The number of nitrogens with one attached hydrogen (secondary N) is 1. The molecule has 0 heterocycles. The van der Waals surface area contributed by atoms with E-state index in [2.05, 4.69) is 19.2 Å². The minimum atomic E-state index is -0.500. The molecule has 0 bridgehead atoms. The van der Waals surface area contributed by atoms with Gasteiger partial charge in [0, 0.05) is 11.8 Å². The lowest BCUT2D eigenvalue weighted by Gasteiger charge is -2.16. The van der Waals surface area contributed by atoms with Crippen LogP contribution in [0.2, 0.25) is 0 Å². The van der Waals surface area contributed by atoms with Gasteiger partial charge in [0.15, 0.2) is 0 Å². The van der Waals surface area contributed by atoms with Crippen LogP contribution in [0.4, 0.5) is 5.69 Å².